The van der Waals surface area contributed by atoms with Gasteiger partial charge in [-0.3, -0.25) is 10.1 Å². The maximum Gasteiger partial charge on any atom is 0.318 e. The van der Waals surface area contributed by atoms with Crippen LogP contribution in [0.25, 0.3) is 0 Å². The number of carbonyl (C=O) groups excluding carboxylic acids is 2. The van der Waals surface area contributed by atoms with Gasteiger partial charge in [-0.05, 0) is 24.6 Å². The smallest absolute Gasteiger partial charge is 0.318 e. The molecule has 0 aromatic heterocycles. The maximum absolute atomic E-state index is 12.6. The van der Waals surface area contributed by atoms with Crippen molar-refractivity contribution in [2.45, 2.75) is 19.5 Å². The molecule has 6 heteroatoms. The highest BCUT2D eigenvalue weighted by atomic mass is 19.1. The van der Waals surface area contributed by atoms with Gasteiger partial charge < -0.3 is 11.1 Å². The Balaban J connectivity index is 2.42. The number of amides is 3. The fraction of sp³-hybridized carbons (Fsp3) is 0.273. The van der Waals surface area contributed by atoms with E-state index in [4.69, 9.17) is 5.73 Å². The molecule has 0 aliphatic carbocycles. The lowest BCUT2D eigenvalue weighted by atomic mass is 10.2. The summed E-state index contributed by atoms with van der Waals surface area (Å²) in [5.74, 6) is -0.812. The molecule has 17 heavy (non-hydrogen) atoms. The SMILES string of the molecule is CC(NCc1ccc(F)cc1)C(=O)NC(N)=O. The molecular weight excluding hydrogens is 225 g/mol. The van der Waals surface area contributed by atoms with Crippen molar-refractivity contribution in [3.63, 3.8) is 0 Å². The number of carbonyl (C=O) groups is 2. The Bertz CT molecular complexity index is 406. The summed E-state index contributed by atoms with van der Waals surface area (Å²) in [6.07, 6.45) is 0. The van der Waals surface area contributed by atoms with Crippen molar-refractivity contribution in [3.8, 4) is 0 Å². The summed E-state index contributed by atoms with van der Waals surface area (Å²) in [4.78, 5) is 21.7. The topological polar surface area (TPSA) is 84.2 Å². The molecule has 0 aliphatic heterocycles. The van der Waals surface area contributed by atoms with E-state index < -0.39 is 18.0 Å². The van der Waals surface area contributed by atoms with Crippen LogP contribution in [0.4, 0.5) is 9.18 Å². The quantitative estimate of drug-likeness (QED) is 0.715. The minimum Gasteiger partial charge on any atom is -0.351 e. The van der Waals surface area contributed by atoms with E-state index in [1.807, 2.05) is 5.32 Å². The Kier molecular flexibility index (Phi) is 4.59. The first-order valence-corrected chi connectivity index (χ1v) is 5.07. The Labute approximate surface area is 98.2 Å². The van der Waals surface area contributed by atoms with Gasteiger partial charge >= 0.3 is 6.03 Å². The third-order valence-electron chi connectivity index (χ3n) is 2.17. The van der Waals surface area contributed by atoms with Gasteiger partial charge in [0.2, 0.25) is 5.91 Å². The van der Waals surface area contributed by atoms with Crippen LogP contribution in [0, 0.1) is 5.82 Å². The molecule has 0 saturated heterocycles. The second-order valence-corrected chi connectivity index (χ2v) is 3.58. The van der Waals surface area contributed by atoms with E-state index in [9.17, 15) is 14.0 Å². The van der Waals surface area contributed by atoms with E-state index in [1.54, 1.807) is 19.1 Å². The number of nitrogens with one attached hydrogen (secondary N) is 2. The van der Waals surface area contributed by atoms with E-state index in [1.165, 1.54) is 12.1 Å². The largest absolute Gasteiger partial charge is 0.351 e. The molecule has 0 heterocycles. The number of rotatable bonds is 4. The van der Waals surface area contributed by atoms with Gasteiger partial charge in [-0.1, -0.05) is 12.1 Å². The summed E-state index contributed by atoms with van der Waals surface area (Å²) in [7, 11) is 0. The second-order valence-electron chi connectivity index (χ2n) is 3.58. The van der Waals surface area contributed by atoms with Crippen LogP contribution in [0.5, 0.6) is 0 Å². The molecule has 1 rings (SSSR count). The van der Waals surface area contributed by atoms with Gasteiger partial charge in [0.15, 0.2) is 0 Å². The molecule has 1 atom stereocenters. The zero-order valence-corrected chi connectivity index (χ0v) is 9.37. The van der Waals surface area contributed by atoms with E-state index in [0.29, 0.717) is 6.54 Å². The summed E-state index contributed by atoms with van der Waals surface area (Å²) in [5.41, 5.74) is 5.65. The molecule has 5 nitrogen and oxygen atoms in total. The van der Waals surface area contributed by atoms with Crippen molar-refractivity contribution in [2.24, 2.45) is 5.73 Å². The Morgan fingerprint density at radius 2 is 1.94 bits per heavy atom. The van der Waals surface area contributed by atoms with Crippen LogP contribution < -0.4 is 16.4 Å². The molecule has 0 radical (unpaired) electrons. The molecule has 1 aromatic carbocycles. The number of primary amides is 1. The minimum atomic E-state index is -0.884. The van der Waals surface area contributed by atoms with E-state index >= 15 is 0 Å². The maximum atomic E-state index is 12.6. The number of imide groups is 1. The summed E-state index contributed by atoms with van der Waals surface area (Å²) in [6.45, 7) is 2.00. The highest BCUT2D eigenvalue weighted by molar-refractivity contribution is 5.96. The molecule has 3 amide bonds. The number of halogens is 1. The number of hydrogen-bond donors (Lipinski definition) is 3. The van der Waals surface area contributed by atoms with Gasteiger partial charge in [-0.2, -0.15) is 0 Å². The number of urea groups is 1. The van der Waals surface area contributed by atoms with Gasteiger partial charge in [0.25, 0.3) is 0 Å². The second kappa shape index (κ2) is 5.95. The van der Waals surface area contributed by atoms with Crippen molar-refractivity contribution < 1.29 is 14.0 Å². The molecule has 1 aromatic rings. The molecular formula is C11H14FN3O2. The van der Waals surface area contributed by atoms with Crippen molar-refractivity contribution in [1.29, 1.82) is 0 Å². The average Bonchev–Trinajstić information content (AvgIpc) is 2.27. The van der Waals surface area contributed by atoms with Gasteiger partial charge in [0, 0.05) is 6.54 Å². The first kappa shape index (κ1) is 13.1. The molecule has 0 bridgehead atoms. The van der Waals surface area contributed by atoms with E-state index in [0.717, 1.165) is 5.56 Å². The standard InChI is InChI=1S/C11H14FN3O2/c1-7(10(16)15-11(13)17)14-6-8-2-4-9(12)5-3-8/h2-5,7,14H,6H2,1H3,(H3,13,15,16,17). The van der Waals surface area contributed by atoms with Gasteiger partial charge in [0.05, 0.1) is 6.04 Å². The average molecular weight is 239 g/mol. The third-order valence-corrected chi connectivity index (χ3v) is 2.17. The first-order chi connectivity index (χ1) is 7.99. The number of nitrogens with two attached hydrogens (primary N) is 1. The number of benzene rings is 1. The van der Waals surface area contributed by atoms with Crippen molar-refractivity contribution >= 4 is 11.9 Å². The Morgan fingerprint density at radius 1 is 1.35 bits per heavy atom. The van der Waals surface area contributed by atoms with Crippen LogP contribution in [0.2, 0.25) is 0 Å². The van der Waals surface area contributed by atoms with E-state index in [-0.39, 0.29) is 5.82 Å². The molecule has 0 fully saturated rings. The highest BCUT2D eigenvalue weighted by Gasteiger charge is 2.13. The first-order valence-electron chi connectivity index (χ1n) is 5.07. The normalized spacial score (nSPS) is 11.9. The summed E-state index contributed by atoms with van der Waals surface area (Å²) >= 11 is 0. The number of hydrogen-bond acceptors (Lipinski definition) is 3. The van der Waals surface area contributed by atoms with Crippen molar-refractivity contribution in [3.05, 3.63) is 35.6 Å². The molecule has 1 unspecified atom stereocenters. The lowest BCUT2D eigenvalue weighted by Gasteiger charge is -2.12. The van der Waals surface area contributed by atoms with Crippen LogP contribution in [-0.4, -0.2) is 18.0 Å². The van der Waals surface area contributed by atoms with E-state index in [2.05, 4.69) is 5.32 Å². The third kappa shape index (κ3) is 4.60. The van der Waals surface area contributed by atoms with Crippen LogP contribution in [0.15, 0.2) is 24.3 Å². The van der Waals surface area contributed by atoms with Gasteiger partial charge in [0.1, 0.15) is 5.82 Å². The summed E-state index contributed by atoms with van der Waals surface area (Å²) in [6, 6.07) is 4.45. The lowest BCUT2D eigenvalue weighted by molar-refractivity contribution is -0.121. The predicted molar refractivity (Wildman–Crippen MR) is 60.4 cm³/mol. The van der Waals surface area contributed by atoms with Crippen LogP contribution in [0.3, 0.4) is 0 Å². The zero-order chi connectivity index (χ0) is 12.8. The fourth-order valence-electron chi connectivity index (χ4n) is 1.20. The highest BCUT2D eigenvalue weighted by Crippen LogP contribution is 2.02. The molecule has 0 saturated carbocycles. The van der Waals surface area contributed by atoms with Crippen LogP contribution in [0.1, 0.15) is 12.5 Å². The monoisotopic (exact) mass is 239 g/mol. The fourth-order valence-corrected chi connectivity index (χ4v) is 1.20. The molecule has 0 spiro atoms. The van der Waals surface area contributed by atoms with Gasteiger partial charge in [-0.15, -0.1) is 0 Å². The summed E-state index contributed by atoms with van der Waals surface area (Å²) < 4.78 is 12.6. The molecule has 4 N–H and O–H groups in total. The zero-order valence-electron chi connectivity index (χ0n) is 9.37. The molecule has 0 aliphatic rings. The van der Waals surface area contributed by atoms with Crippen LogP contribution in [-0.2, 0) is 11.3 Å². The van der Waals surface area contributed by atoms with Crippen LogP contribution >= 0.6 is 0 Å². The predicted octanol–water partition coefficient (Wildman–Crippen LogP) is 0.499. The minimum absolute atomic E-state index is 0.312. The summed E-state index contributed by atoms with van der Waals surface area (Å²) in [5, 5.41) is 4.85. The molecule has 92 valence electrons. The van der Waals surface area contributed by atoms with Crippen molar-refractivity contribution in [1.82, 2.24) is 10.6 Å². The van der Waals surface area contributed by atoms with Gasteiger partial charge in [-0.25, -0.2) is 9.18 Å². The van der Waals surface area contributed by atoms with Crippen molar-refractivity contribution in [2.75, 3.05) is 0 Å². The lowest BCUT2D eigenvalue weighted by Crippen LogP contribution is -2.46. The Hall–Kier alpha value is -1.95. The Morgan fingerprint density at radius 3 is 2.47 bits per heavy atom.